The summed E-state index contributed by atoms with van der Waals surface area (Å²) in [5.74, 6) is 2.40. The van der Waals surface area contributed by atoms with E-state index in [0.29, 0.717) is 17.1 Å². The van der Waals surface area contributed by atoms with Crippen molar-refractivity contribution in [1.82, 2.24) is 19.6 Å². The van der Waals surface area contributed by atoms with Gasteiger partial charge in [0.05, 0.1) is 28.4 Å². The fourth-order valence-corrected chi connectivity index (χ4v) is 5.14. The second kappa shape index (κ2) is 9.85. The molecule has 0 radical (unpaired) electrons. The number of ether oxygens (including phenoxy) is 2. The van der Waals surface area contributed by atoms with Gasteiger partial charge < -0.3 is 9.47 Å². The molecule has 0 saturated heterocycles. The number of rotatable bonds is 10. The first kappa shape index (κ1) is 25.0. The van der Waals surface area contributed by atoms with Gasteiger partial charge >= 0.3 is 0 Å². The van der Waals surface area contributed by atoms with Crippen molar-refractivity contribution in [3.05, 3.63) is 57.5 Å². The standard InChI is InChI=1S/C24H25ClN4O5S/c1-5-10-33-14-18-19(35(4,31)32)9-8-17(21(18)25)23(30)20-22(16-6-7-16)27-29(3)24(20)34-13-15-11-26-28(2)12-15/h1,8-9,11-12,16H,6-7,10,13-14H2,2-4H3. The van der Waals surface area contributed by atoms with Crippen LogP contribution in [0.3, 0.4) is 0 Å². The number of aryl methyl sites for hydroxylation is 2. The third-order valence-corrected chi connectivity index (χ3v) is 7.24. The summed E-state index contributed by atoms with van der Waals surface area (Å²) in [6.45, 7) is 0.0155. The Balaban J connectivity index is 1.77. The molecule has 3 aromatic rings. The Bertz CT molecular complexity index is 1430. The number of ketones is 1. The number of terminal acetylenes is 1. The van der Waals surface area contributed by atoms with Crippen molar-refractivity contribution in [2.75, 3.05) is 12.9 Å². The van der Waals surface area contributed by atoms with Crippen LogP contribution >= 0.6 is 11.6 Å². The van der Waals surface area contributed by atoms with Crippen molar-refractivity contribution in [3.63, 3.8) is 0 Å². The summed E-state index contributed by atoms with van der Waals surface area (Å²) in [6, 6.07) is 2.78. The van der Waals surface area contributed by atoms with E-state index in [0.717, 1.165) is 24.7 Å². The van der Waals surface area contributed by atoms with E-state index in [-0.39, 0.29) is 46.8 Å². The first-order chi connectivity index (χ1) is 16.6. The molecule has 1 fully saturated rings. The maximum Gasteiger partial charge on any atom is 0.223 e. The van der Waals surface area contributed by atoms with Crippen LogP contribution in [0, 0.1) is 12.3 Å². The highest BCUT2D eigenvalue weighted by molar-refractivity contribution is 7.90. The van der Waals surface area contributed by atoms with E-state index in [1.54, 1.807) is 29.7 Å². The first-order valence-corrected chi connectivity index (χ1v) is 13.1. The van der Waals surface area contributed by atoms with Gasteiger partial charge in [0.2, 0.25) is 11.7 Å². The average molecular weight is 517 g/mol. The third kappa shape index (κ3) is 5.27. The van der Waals surface area contributed by atoms with Crippen LogP contribution in [0.25, 0.3) is 0 Å². The van der Waals surface area contributed by atoms with Crippen molar-refractivity contribution < 1.29 is 22.7 Å². The molecule has 1 aliphatic rings. The van der Waals surface area contributed by atoms with Crippen molar-refractivity contribution in [2.45, 2.75) is 36.9 Å². The molecule has 1 aliphatic carbocycles. The Hall–Kier alpha value is -3.13. The maximum absolute atomic E-state index is 13.9. The minimum Gasteiger partial charge on any atom is -0.472 e. The molecular formula is C24H25ClN4O5S. The molecule has 2 heterocycles. The van der Waals surface area contributed by atoms with Gasteiger partial charge in [0, 0.05) is 49.2 Å². The zero-order valence-electron chi connectivity index (χ0n) is 19.6. The molecule has 0 spiro atoms. The number of hydrogen-bond acceptors (Lipinski definition) is 7. The summed E-state index contributed by atoms with van der Waals surface area (Å²) in [7, 11) is -0.106. The van der Waals surface area contributed by atoms with Crippen molar-refractivity contribution >= 4 is 27.2 Å². The van der Waals surface area contributed by atoms with E-state index >= 15 is 0 Å². The normalized spacial score (nSPS) is 13.6. The molecule has 0 N–H and O–H groups in total. The molecule has 0 aliphatic heterocycles. The fraction of sp³-hybridized carbons (Fsp3) is 0.375. The highest BCUT2D eigenvalue weighted by atomic mass is 35.5. The highest BCUT2D eigenvalue weighted by Gasteiger charge is 2.36. The smallest absolute Gasteiger partial charge is 0.223 e. The monoisotopic (exact) mass is 516 g/mol. The van der Waals surface area contributed by atoms with Gasteiger partial charge in [-0.3, -0.25) is 9.48 Å². The van der Waals surface area contributed by atoms with Gasteiger partial charge in [-0.15, -0.1) is 6.42 Å². The van der Waals surface area contributed by atoms with E-state index in [4.69, 9.17) is 27.5 Å². The zero-order valence-corrected chi connectivity index (χ0v) is 21.2. The number of nitrogens with zero attached hydrogens (tertiary/aromatic N) is 4. The third-order valence-electron chi connectivity index (χ3n) is 5.62. The Labute approximate surface area is 208 Å². The average Bonchev–Trinajstić information content (AvgIpc) is 3.48. The van der Waals surface area contributed by atoms with Crippen LogP contribution < -0.4 is 4.74 Å². The van der Waals surface area contributed by atoms with Crippen LogP contribution in [0.2, 0.25) is 5.02 Å². The molecule has 0 unspecified atom stereocenters. The quantitative estimate of drug-likeness (QED) is 0.231. The fourth-order valence-electron chi connectivity index (χ4n) is 3.86. The van der Waals surface area contributed by atoms with E-state index in [1.165, 1.54) is 12.1 Å². The molecule has 184 valence electrons. The van der Waals surface area contributed by atoms with E-state index in [2.05, 4.69) is 16.1 Å². The maximum atomic E-state index is 13.9. The zero-order chi connectivity index (χ0) is 25.3. The topological polar surface area (TPSA) is 105 Å². The van der Waals surface area contributed by atoms with Gasteiger partial charge in [-0.05, 0) is 25.0 Å². The van der Waals surface area contributed by atoms with Gasteiger partial charge in [-0.2, -0.15) is 10.2 Å². The molecular weight excluding hydrogens is 492 g/mol. The Morgan fingerprint density at radius 2 is 2.03 bits per heavy atom. The van der Waals surface area contributed by atoms with Crippen molar-refractivity contribution in [2.24, 2.45) is 14.1 Å². The molecule has 1 saturated carbocycles. The summed E-state index contributed by atoms with van der Waals surface area (Å²) in [6.07, 6.45) is 11.7. The molecule has 0 bridgehead atoms. The molecule has 4 rings (SSSR count). The minimum atomic E-state index is -3.63. The van der Waals surface area contributed by atoms with Gasteiger partial charge in [-0.25, -0.2) is 13.1 Å². The number of carbonyl (C=O) groups excluding carboxylic acids is 1. The van der Waals surface area contributed by atoms with Crippen LogP contribution in [0.4, 0.5) is 0 Å². The lowest BCUT2D eigenvalue weighted by Gasteiger charge is -2.14. The highest BCUT2D eigenvalue weighted by Crippen LogP contribution is 2.44. The Morgan fingerprint density at radius 3 is 2.63 bits per heavy atom. The number of carbonyl (C=O) groups is 1. The van der Waals surface area contributed by atoms with Crippen molar-refractivity contribution in [3.8, 4) is 18.2 Å². The van der Waals surface area contributed by atoms with Crippen LogP contribution in [0.1, 0.15) is 51.5 Å². The second-order valence-electron chi connectivity index (χ2n) is 8.48. The van der Waals surface area contributed by atoms with E-state index in [9.17, 15) is 13.2 Å². The number of sulfone groups is 1. The molecule has 0 atom stereocenters. The van der Waals surface area contributed by atoms with Gasteiger partial charge in [0.25, 0.3) is 0 Å². The van der Waals surface area contributed by atoms with Gasteiger partial charge in [0.15, 0.2) is 9.84 Å². The lowest BCUT2D eigenvalue weighted by molar-refractivity contribution is 0.103. The minimum absolute atomic E-state index is 0.00115. The van der Waals surface area contributed by atoms with Crippen molar-refractivity contribution in [1.29, 1.82) is 0 Å². The Morgan fingerprint density at radius 1 is 1.29 bits per heavy atom. The van der Waals surface area contributed by atoms with Gasteiger partial charge in [0.1, 0.15) is 18.8 Å². The van der Waals surface area contributed by atoms with Crippen LogP contribution in [0.5, 0.6) is 5.88 Å². The lowest BCUT2D eigenvalue weighted by atomic mass is 9.99. The van der Waals surface area contributed by atoms with Crippen LogP contribution in [-0.2, 0) is 41.9 Å². The molecule has 9 nitrogen and oxygen atoms in total. The van der Waals surface area contributed by atoms with Gasteiger partial charge in [-0.1, -0.05) is 17.5 Å². The van der Waals surface area contributed by atoms with Crippen LogP contribution in [-0.4, -0.2) is 46.6 Å². The summed E-state index contributed by atoms with van der Waals surface area (Å²) < 4.78 is 39.3. The lowest BCUT2D eigenvalue weighted by Crippen LogP contribution is -2.12. The Kier molecular flexibility index (Phi) is 7.03. The SMILES string of the molecule is C#CCOCc1c(S(C)(=O)=O)ccc(C(=O)c2c(C3CC3)nn(C)c2OCc2cnn(C)c2)c1Cl. The number of aromatic nitrogens is 4. The molecule has 0 amide bonds. The second-order valence-corrected chi connectivity index (χ2v) is 10.8. The molecule has 35 heavy (non-hydrogen) atoms. The van der Waals surface area contributed by atoms with Crippen LogP contribution in [0.15, 0.2) is 29.4 Å². The largest absolute Gasteiger partial charge is 0.472 e. The molecule has 2 aromatic heterocycles. The molecule has 1 aromatic carbocycles. The van der Waals surface area contributed by atoms with E-state index < -0.39 is 15.6 Å². The van der Waals surface area contributed by atoms with E-state index in [1.807, 2.05) is 6.20 Å². The number of halogens is 1. The number of benzene rings is 1. The summed E-state index contributed by atoms with van der Waals surface area (Å²) in [4.78, 5) is 13.8. The molecule has 11 heteroatoms. The predicted octanol–water partition coefficient (Wildman–Crippen LogP) is 3.05. The summed E-state index contributed by atoms with van der Waals surface area (Å²) in [5, 5.41) is 8.71. The summed E-state index contributed by atoms with van der Waals surface area (Å²) >= 11 is 6.63. The first-order valence-electron chi connectivity index (χ1n) is 10.9. The summed E-state index contributed by atoms with van der Waals surface area (Å²) in [5.41, 5.74) is 2.13. The number of hydrogen-bond donors (Lipinski definition) is 0. The predicted molar refractivity (Wildman–Crippen MR) is 129 cm³/mol.